The molecule has 2 rings (SSSR count). The van der Waals surface area contributed by atoms with Crippen LogP contribution in [0.25, 0.3) is 0 Å². The molecule has 2 aromatic rings. The van der Waals surface area contributed by atoms with Gasteiger partial charge in [-0.25, -0.2) is 0 Å². The van der Waals surface area contributed by atoms with E-state index < -0.39 is 0 Å². The Kier molecular flexibility index (Phi) is 8.14. The first-order valence-corrected chi connectivity index (χ1v) is 9.77. The second-order valence-corrected chi connectivity index (χ2v) is 6.95. The zero-order valence-electron chi connectivity index (χ0n) is 17.2. The van der Waals surface area contributed by atoms with Gasteiger partial charge in [-0.3, -0.25) is 14.6 Å². The van der Waals surface area contributed by atoms with Crippen molar-refractivity contribution in [2.75, 3.05) is 32.5 Å². The Morgan fingerprint density at radius 2 is 1.71 bits per heavy atom. The SMILES string of the molecule is CCc1cccc(CC)c1NC(=O)c1cc(C(=O)NCCCN(C)C)ccn1. The van der Waals surface area contributed by atoms with E-state index in [4.69, 9.17) is 0 Å². The molecule has 0 atom stereocenters. The van der Waals surface area contributed by atoms with Crippen molar-refractivity contribution in [3.8, 4) is 0 Å². The van der Waals surface area contributed by atoms with E-state index in [0.717, 1.165) is 42.6 Å². The Bertz CT molecular complexity index is 796. The number of anilines is 1. The molecular formula is C22H30N4O2. The fourth-order valence-electron chi connectivity index (χ4n) is 2.98. The minimum atomic E-state index is -0.308. The minimum absolute atomic E-state index is 0.196. The van der Waals surface area contributed by atoms with Crippen molar-refractivity contribution in [3.63, 3.8) is 0 Å². The molecule has 2 N–H and O–H groups in total. The predicted molar refractivity (Wildman–Crippen MR) is 113 cm³/mol. The van der Waals surface area contributed by atoms with Crippen molar-refractivity contribution in [1.82, 2.24) is 15.2 Å². The molecule has 1 aromatic heterocycles. The Morgan fingerprint density at radius 1 is 1.04 bits per heavy atom. The smallest absolute Gasteiger partial charge is 0.274 e. The zero-order valence-corrected chi connectivity index (χ0v) is 17.2. The lowest BCUT2D eigenvalue weighted by molar-refractivity contribution is 0.0952. The van der Waals surface area contributed by atoms with Gasteiger partial charge in [-0.2, -0.15) is 0 Å². The van der Waals surface area contributed by atoms with E-state index in [2.05, 4.69) is 34.4 Å². The second kappa shape index (κ2) is 10.6. The number of nitrogens with zero attached hydrogens (tertiary/aromatic N) is 2. The number of benzene rings is 1. The molecule has 0 aliphatic heterocycles. The minimum Gasteiger partial charge on any atom is -0.352 e. The van der Waals surface area contributed by atoms with Gasteiger partial charge in [-0.1, -0.05) is 32.0 Å². The molecule has 1 heterocycles. The quantitative estimate of drug-likeness (QED) is 0.654. The molecule has 6 heteroatoms. The van der Waals surface area contributed by atoms with Gasteiger partial charge < -0.3 is 15.5 Å². The van der Waals surface area contributed by atoms with Crippen LogP contribution in [0.15, 0.2) is 36.5 Å². The van der Waals surface area contributed by atoms with Crippen LogP contribution in [0.2, 0.25) is 0 Å². The molecule has 0 radical (unpaired) electrons. The first-order chi connectivity index (χ1) is 13.5. The Balaban J connectivity index is 2.09. The number of aromatic nitrogens is 1. The standard InChI is InChI=1S/C22H30N4O2/c1-5-16-9-7-10-17(6-2)20(16)25-22(28)19-15-18(11-13-23-19)21(27)24-12-8-14-26(3)4/h7,9-11,13,15H,5-6,8,12,14H2,1-4H3,(H,24,27)(H,25,28). The number of para-hydroxylation sites is 1. The van der Waals surface area contributed by atoms with Crippen molar-refractivity contribution in [2.24, 2.45) is 0 Å². The molecule has 150 valence electrons. The van der Waals surface area contributed by atoms with Crippen LogP contribution in [0, 0.1) is 0 Å². The van der Waals surface area contributed by atoms with E-state index in [1.54, 1.807) is 6.07 Å². The van der Waals surface area contributed by atoms with Crippen molar-refractivity contribution < 1.29 is 9.59 Å². The highest BCUT2D eigenvalue weighted by Gasteiger charge is 2.15. The zero-order chi connectivity index (χ0) is 20.5. The molecule has 2 amide bonds. The van der Waals surface area contributed by atoms with E-state index in [1.807, 2.05) is 32.3 Å². The number of aryl methyl sites for hydroxylation is 2. The lowest BCUT2D eigenvalue weighted by Crippen LogP contribution is -2.27. The first-order valence-electron chi connectivity index (χ1n) is 9.77. The summed E-state index contributed by atoms with van der Waals surface area (Å²) in [6.07, 6.45) is 4.01. The average Bonchev–Trinajstić information content (AvgIpc) is 2.71. The molecule has 0 saturated carbocycles. The molecule has 6 nitrogen and oxygen atoms in total. The highest BCUT2D eigenvalue weighted by molar-refractivity contribution is 6.05. The second-order valence-electron chi connectivity index (χ2n) is 6.95. The number of amides is 2. The number of hydrogen-bond acceptors (Lipinski definition) is 4. The lowest BCUT2D eigenvalue weighted by atomic mass is 10.0. The van der Waals surface area contributed by atoms with Crippen molar-refractivity contribution >= 4 is 17.5 Å². The maximum Gasteiger partial charge on any atom is 0.274 e. The van der Waals surface area contributed by atoms with E-state index in [9.17, 15) is 9.59 Å². The highest BCUT2D eigenvalue weighted by atomic mass is 16.2. The third-order valence-electron chi connectivity index (χ3n) is 4.56. The van der Waals surface area contributed by atoms with E-state index >= 15 is 0 Å². The molecule has 0 fully saturated rings. The summed E-state index contributed by atoms with van der Waals surface area (Å²) in [6.45, 7) is 5.61. The largest absolute Gasteiger partial charge is 0.352 e. The monoisotopic (exact) mass is 382 g/mol. The summed E-state index contributed by atoms with van der Waals surface area (Å²) in [5, 5.41) is 5.87. The molecule has 0 unspecified atom stereocenters. The summed E-state index contributed by atoms with van der Waals surface area (Å²) in [6, 6.07) is 9.19. The van der Waals surface area contributed by atoms with Gasteiger partial charge in [-0.05, 0) is 63.2 Å². The van der Waals surface area contributed by atoms with Crippen molar-refractivity contribution in [2.45, 2.75) is 33.1 Å². The summed E-state index contributed by atoms with van der Waals surface area (Å²) >= 11 is 0. The van der Waals surface area contributed by atoms with Crippen molar-refractivity contribution in [1.29, 1.82) is 0 Å². The summed E-state index contributed by atoms with van der Waals surface area (Å²) in [4.78, 5) is 31.3. The Morgan fingerprint density at radius 3 is 2.32 bits per heavy atom. The number of hydrogen-bond donors (Lipinski definition) is 2. The molecule has 1 aromatic carbocycles. The van der Waals surface area contributed by atoms with Crippen LogP contribution >= 0.6 is 0 Å². The lowest BCUT2D eigenvalue weighted by Gasteiger charge is -2.14. The molecular weight excluding hydrogens is 352 g/mol. The van der Waals surface area contributed by atoms with Crippen LogP contribution in [0.1, 0.15) is 52.2 Å². The molecule has 0 aliphatic rings. The van der Waals surface area contributed by atoms with Crippen LogP contribution in [-0.2, 0) is 12.8 Å². The third-order valence-corrected chi connectivity index (χ3v) is 4.56. The van der Waals surface area contributed by atoms with Crippen LogP contribution in [0.4, 0.5) is 5.69 Å². The molecule has 28 heavy (non-hydrogen) atoms. The Labute approximate surface area is 167 Å². The number of carbonyl (C=O) groups excluding carboxylic acids is 2. The number of nitrogens with one attached hydrogen (secondary N) is 2. The summed E-state index contributed by atoms with van der Waals surface area (Å²) in [7, 11) is 3.99. The van der Waals surface area contributed by atoms with Crippen LogP contribution in [-0.4, -0.2) is 48.9 Å². The normalized spacial score (nSPS) is 10.8. The number of carbonyl (C=O) groups is 2. The first kappa shape index (κ1) is 21.6. The fraction of sp³-hybridized carbons (Fsp3) is 0.409. The fourth-order valence-corrected chi connectivity index (χ4v) is 2.98. The van der Waals surface area contributed by atoms with Gasteiger partial charge in [0.05, 0.1) is 0 Å². The average molecular weight is 383 g/mol. The topological polar surface area (TPSA) is 74.3 Å². The van der Waals surface area contributed by atoms with Gasteiger partial charge in [0.2, 0.25) is 0 Å². The van der Waals surface area contributed by atoms with Crippen LogP contribution < -0.4 is 10.6 Å². The molecule has 0 spiro atoms. The number of pyridine rings is 1. The van der Waals surface area contributed by atoms with Crippen molar-refractivity contribution in [3.05, 3.63) is 58.9 Å². The summed E-state index contributed by atoms with van der Waals surface area (Å²) < 4.78 is 0. The molecule has 0 saturated heterocycles. The van der Waals surface area contributed by atoms with Gasteiger partial charge in [0.1, 0.15) is 5.69 Å². The maximum atomic E-state index is 12.7. The highest BCUT2D eigenvalue weighted by Crippen LogP contribution is 2.23. The molecule has 0 bridgehead atoms. The summed E-state index contributed by atoms with van der Waals surface area (Å²) in [5.41, 5.74) is 3.68. The summed E-state index contributed by atoms with van der Waals surface area (Å²) in [5.74, 6) is -0.503. The Hall–Kier alpha value is -2.73. The van der Waals surface area contributed by atoms with Gasteiger partial charge in [-0.15, -0.1) is 0 Å². The van der Waals surface area contributed by atoms with E-state index in [1.165, 1.54) is 12.3 Å². The van der Waals surface area contributed by atoms with Gasteiger partial charge in [0.15, 0.2) is 0 Å². The third kappa shape index (κ3) is 5.89. The van der Waals surface area contributed by atoms with Crippen LogP contribution in [0.5, 0.6) is 0 Å². The van der Waals surface area contributed by atoms with Gasteiger partial charge in [0.25, 0.3) is 11.8 Å². The maximum absolute atomic E-state index is 12.7. The van der Waals surface area contributed by atoms with E-state index in [0.29, 0.717) is 12.1 Å². The van der Waals surface area contributed by atoms with E-state index in [-0.39, 0.29) is 17.5 Å². The molecule has 0 aliphatic carbocycles. The van der Waals surface area contributed by atoms with Crippen LogP contribution in [0.3, 0.4) is 0 Å². The van der Waals surface area contributed by atoms with Gasteiger partial charge in [0, 0.05) is 24.0 Å². The number of rotatable bonds is 9. The predicted octanol–water partition coefficient (Wildman–Crippen LogP) is 3.14. The van der Waals surface area contributed by atoms with Gasteiger partial charge >= 0.3 is 0 Å².